The number of aliphatic carboxylic acids is 1. The van der Waals surface area contributed by atoms with Crippen LogP contribution in [0.15, 0.2) is 54.6 Å². The summed E-state index contributed by atoms with van der Waals surface area (Å²) in [6, 6.07) is 8.05. The number of carbonyl (C=O) groups is 6. The number of aromatic hydroxyl groups is 1. The van der Waals surface area contributed by atoms with E-state index >= 15 is 0 Å². The van der Waals surface area contributed by atoms with E-state index in [1.54, 1.807) is 56.3 Å². The fraction of sp³-hybridized carbons (Fsp3) is 0.455. The van der Waals surface area contributed by atoms with Gasteiger partial charge in [-0.05, 0) is 48.9 Å². The summed E-state index contributed by atoms with van der Waals surface area (Å²) in [7, 11) is 0. The molecule has 0 heterocycles. The number of phenolic OH excluding ortho intramolecular Hbond substituents is 1. The van der Waals surface area contributed by atoms with Crippen LogP contribution in [0.4, 0.5) is 0 Å². The summed E-state index contributed by atoms with van der Waals surface area (Å²) in [6.45, 7) is 3.32. The molecular formula is C33H46N6O10. The maximum absolute atomic E-state index is 13.5. The first-order valence-electron chi connectivity index (χ1n) is 15.7. The minimum Gasteiger partial charge on any atom is -0.508 e. The Balaban J connectivity index is 2.09. The highest BCUT2D eigenvalue weighted by Gasteiger charge is 2.32. The van der Waals surface area contributed by atoms with Crippen LogP contribution in [0.3, 0.4) is 0 Å². The fourth-order valence-electron chi connectivity index (χ4n) is 4.66. The largest absolute Gasteiger partial charge is 0.508 e. The number of amides is 5. The van der Waals surface area contributed by atoms with Crippen molar-refractivity contribution in [1.29, 1.82) is 0 Å². The molecule has 1 unspecified atom stereocenters. The van der Waals surface area contributed by atoms with Gasteiger partial charge >= 0.3 is 5.97 Å². The Labute approximate surface area is 283 Å². The lowest BCUT2D eigenvalue weighted by Crippen LogP contribution is -2.58. The van der Waals surface area contributed by atoms with Crippen LogP contribution < -0.4 is 32.3 Å². The van der Waals surface area contributed by atoms with Crippen LogP contribution >= 0.6 is 0 Å². The van der Waals surface area contributed by atoms with E-state index in [9.17, 15) is 49.2 Å². The first-order valence-corrected chi connectivity index (χ1v) is 15.7. The van der Waals surface area contributed by atoms with Gasteiger partial charge in [0, 0.05) is 6.42 Å². The molecule has 0 fully saturated rings. The van der Waals surface area contributed by atoms with E-state index in [2.05, 4.69) is 26.6 Å². The predicted octanol–water partition coefficient (Wildman–Crippen LogP) is -1.94. The average Bonchev–Trinajstić information content (AvgIpc) is 3.04. The molecule has 0 saturated carbocycles. The van der Waals surface area contributed by atoms with Crippen LogP contribution in [0.1, 0.15) is 38.3 Å². The number of carbonyl (C=O) groups excluding carboxylic acids is 5. The Morgan fingerprint density at radius 1 is 0.714 bits per heavy atom. The molecular weight excluding hydrogens is 640 g/mol. The van der Waals surface area contributed by atoms with Crippen LogP contribution in [0.25, 0.3) is 0 Å². The van der Waals surface area contributed by atoms with Gasteiger partial charge < -0.3 is 52.7 Å². The summed E-state index contributed by atoms with van der Waals surface area (Å²) in [6.07, 6.45) is -1.24. The van der Waals surface area contributed by atoms with Crippen molar-refractivity contribution in [2.24, 2.45) is 11.7 Å². The summed E-state index contributed by atoms with van der Waals surface area (Å²) in [5.74, 6) is -5.59. The van der Waals surface area contributed by atoms with E-state index in [-0.39, 0.29) is 30.9 Å². The zero-order chi connectivity index (χ0) is 36.7. The van der Waals surface area contributed by atoms with Gasteiger partial charge in [0.15, 0.2) is 6.04 Å². The average molecular weight is 687 g/mol. The van der Waals surface area contributed by atoms with Gasteiger partial charge in [-0.1, -0.05) is 56.3 Å². The monoisotopic (exact) mass is 686 g/mol. The quantitative estimate of drug-likeness (QED) is 0.0777. The number of carboxylic acid groups (broad SMARTS) is 1. The van der Waals surface area contributed by atoms with E-state index in [4.69, 9.17) is 5.73 Å². The number of aliphatic hydroxyl groups is 2. The highest BCUT2D eigenvalue weighted by Crippen LogP contribution is 2.11. The highest BCUT2D eigenvalue weighted by atomic mass is 16.4. The summed E-state index contributed by atoms with van der Waals surface area (Å²) in [4.78, 5) is 76.3. The summed E-state index contributed by atoms with van der Waals surface area (Å²) in [5.41, 5.74) is 7.24. The second-order valence-corrected chi connectivity index (χ2v) is 12.0. The molecule has 5 amide bonds. The maximum Gasteiger partial charge on any atom is 0.328 e. The molecule has 0 bridgehead atoms. The maximum atomic E-state index is 13.5. The second kappa shape index (κ2) is 19.7. The molecule has 0 aromatic heterocycles. The summed E-state index contributed by atoms with van der Waals surface area (Å²) < 4.78 is 0. The molecule has 2 rings (SSSR count). The number of benzene rings is 2. The van der Waals surface area contributed by atoms with Crippen molar-refractivity contribution < 1.29 is 49.2 Å². The van der Waals surface area contributed by atoms with Gasteiger partial charge in [-0.25, -0.2) is 4.79 Å². The van der Waals surface area contributed by atoms with Crippen LogP contribution in [-0.4, -0.2) is 105 Å². The Morgan fingerprint density at radius 2 is 1.29 bits per heavy atom. The van der Waals surface area contributed by atoms with E-state index in [1.165, 1.54) is 19.1 Å². The molecule has 268 valence electrons. The number of aliphatic hydroxyl groups excluding tert-OH is 2. The number of hydrogen-bond acceptors (Lipinski definition) is 10. The van der Waals surface area contributed by atoms with Crippen molar-refractivity contribution in [3.8, 4) is 5.75 Å². The third kappa shape index (κ3) is 13.9. The topological polar surface area (TPSA) is 270 Å². The van der Waals surface area contributed by atoms with Crippen LogP contribution in [-0.2, 0) is 41.6 Å². The van der Waals surface area contributed by atoms with Crippen LogP contribution in [0, 0.1) is 5.92 Å². The first-order chi connectivity index (χ1) is 23.1. The van der Waals surface area contributed by atoms with Gasteiger partial charge in [0.05, 0.1) is 25.3 Å². The minimum absolute atomic E-state index is 0.0119. The highest BCUT2D eigenvalue weighted by molar-refractivity contribution is 5.95. The second-order valence-electron chi connectivity index (χ2n) is 12.0. The van der Waals surface area contributed by atoms with Crippen molar-refractivity contribution in [1.82, 2.24) is 26.6 Å². The molecule has 2 aromatic rings. The van der Waals surface area contributed by atoms with Gasteiger partial charge in [-0.3, -0.25) is 24.0 Å². The van der Waals surface area contributed by atoms with Crippen LogP contribution in [0.5, 0.6) is 5.75 Å². The van der Waals surface area contributed by atoms with Crippen molar-refractivity contribution in [3.63, 3.8) is 0 Å². The first kappa shape index (κ1) is 40.1. The standard InChI is InChI=1S/C33H46N6O10/c1-18(2)13-24(32(47)39-28(19(3)41)33(48)49)37-31(46)25(15-20-7-5-4-6-8-20)36-27(43)16-35-30(45)26(17-40)38-29(44)23(34)14-21-9-11-22(42)12-10-21/h4-12,18-19,23-26,28,40-42H,13-17,34H2,1-3H3,(H,35,45)(H,36,43)(H,37,46)(H,38,44)(H,39,47)(H,48,49)/t19?,23-,24-,25-,26+,28-/m0/s1. The molecule has 0 saturated heterocycles. The molecule has 0 aliphatic carbocycles. The molecule has 0 aliphatic rings. The van der Waals surface area contributed by atoms with Crippen molar-refractivity contribution in [2.45, 2.75) is 76.3 Å². The molecule has 2 aromatic carbocycles. The summed E-state index contributed by atoms with van der Waals surface area (Å²) in [5, 5.41) is 50.3. The van der Waals surface area contributed by atoms with E-state index in [0.29, 0.717) is 11.1 Å². The van der Waals surface area contributed by atoms with Crippen LogP contribution in [0.2, 0.25) is 0 Å². The predicted molar refractivity (Wildman–Crippen MR) is 177 cm³/mol. The van der Waals surface area contributed by atoms with Crippen molar-refractivity contribution in [2.75, 3.05) is 13.2 Å². The molecule has 11 N–H and O–H groups in total. The lowest BCUT2D eigenvalue weighted by atomic mass is 10.0. The number of carboxylic acids is 1. The minimum atomic E-state index is -1.62. The van der Waals surface area contributed by atoms with Gasteiger partial charge in [0.2, 0.25) is 29.5 Å². The van der Waals surface area contributed by atoms with Crippen molar-refractivity contribution >= 4 is 35.5 Å². The van der Waals surface area contributed by atoms with Gasteiger partial charge in [-0.15, -0.1) is 0 Å². The summed E-state index contributed by atoms with van der Waals surface area (Å²) >= 11 is 0. The molecule has 6 atom stereocenters. The SMILES string of the molecule is CC(C)C[C@H](NC(=O)[C@H](Cc1ccccc1)NC(=O)CNC(=O)[C@@H](CO)NC(=O)[C@@H](N)Cc1ccc(O)cc1)C(=O)N[C@H](C(=O)O)C(C)O. The lowest BCUT2D eigenvalue weighted by molar-refractivity contribution is -0.145. The number of phenols is 1. The Bertz CT molecular complexity index is 1420. The lowest BCUT2D eigenvalue weighted by Gasteiger charge is -2.26. The zero-order valence-corrected chi connectivity index (χ0v) is 27.6. The van der Waals surface area contributed by atoms with E-state index < -0.39 is 85.0 Å². The Morgan fingerprint density at radius 3 is 1.84 bits per heavy atom. The number of hydrogen-bond donors (Lipinski definition) is 10. The smallest absolute Gasteiger partial charge is 0.328 e. The van der Waals surface area contributed by atoms with Crippen molar-refractivity contribution in [3.05, 3.63) is 65.7 Å². The fourth-order valence-corrected chi connectivity index (χ4v) is 4.66. The third-order valence-corrected chi connectivity index (χ3v) is 7.29. The zero-order valence-electron chi connectivity index (χ0n) is 27.6. The molecule has 16 nitrogen and oxygen atoms in total. The van der Waals surface area contributed by atoms with E-state index in [0.717, 1.165) is 0 Å². The molecule has 0 aliphatic heterocycles. The number of nitrogens with two attached hydrogens (primary N) is 1. The number of rotatable bonds is 19. The van der Waals surface area contributed by atoms with Gasteiger partial charge in [0.1, 0.15) is 23.9 Å². The Hall–Kier alpha value is -5.06. The third-order valence-electron chi connectivity index (χ3n) is 7.29. The van der Waals surface area contributed by atoms with Gasteiger partial charge in [-0.2, -0.15) is 0 Å². The molecule has 49 heavy (non-hydrogen) atoms. The molecule has 16 heteroatoms. The van der Waals surface area contributed by atoms with Gasteiger partial charge in [0.25, 0.3) is 0 Å². The molecule has 0 spiro atoms. The normalized spacial score (nSPS) is 14.7. The molecule has 0 radical (unpaired) electrons. The number of nitrogens with one attached hydrogen (secondary N) is 5. The Kier molecular flexibility index (Phi) is 16.1. The van der Waals surface area contributed by atoms with E-state index in [1.807, 2.05) is 0 Å².